The van der Waals surface area contributed by atoms with E-state index in [9.17, 15) is 10.0 Å². The zero-order chi connectivity index (χ0) is 68.7. The van der Waals surface area contributed by atoms with Crippen LogP contribution in [-0.4, -0.2) is 47.1 Å². The molecule has 484 valence electrons. The van der Waals surface area contributed by atoms with E-state index < -0.39 is 7.12 Å². The van der Waals surface area contributed by atoms with Gasteiger partial charge in [0, 0.05) is 68.2 Å². The molecule has 0 spiro atoms. The highest BCUT2D eigenvalue weighted by Crippen LogP contribution is 2.40. The summed E-state index contributed by atoms with van der Waals surface area (Å²) in [5.41, 5.74) is 18.7. The van der Waals surface area contributed by atoms with Crippen molar-refractivity contribution in [1.29, 1.82) is 0 Å². The van der Waals surface area contributed by atoms with Crippen molar-refractivity contribution in [3.8, 4) is 124 Å². The van der Waals surface area contributed by atoms with Crippen molar-refractivity contribution in [3.63, 3.8) is 0 Å². The van der Waals surface area contributed by atoms with Gasteiger partial charge in [0.15, 0.2) is 29.1 Å². The maximum atomic E-state index is 9.17. The molecule has 0 fully saturated rings. The number of thiophene rings is 2. The van der Waals surface area contributed by atoms with Crippen molar-refractivity contribution in [3.05, 3.63) is 357 Å². The standard InChI is InChI=1S/C45H29N3S.C27H18ClN3.C18H13BO2S/c1-3-11-30(12-4-1)31-19-23-34(24-20-31)43-46-44(48-45(47-43)39-17-8-7-15-37(39)33-13-5-2-6-14-33)35-25-21-32(22-26-35)36-27-28-42-40(29-36)38-16-9-10-18-41(38)49-42;28-27-30-25(22-17-15-20(16-18-22)19-9-3-1-4-10-19)29-26(31-27)24-14-8-7-13-23(24)21-11-5-2-6-12-21;20-19(21)14-8-5-12(6-9-14)13-7-10-18-16(11-13)15-3-1-2-4-17(15)22-18/h1-29H;1-18H;1-11,20-21H. The van der Waals surface area contributed by atoms with E-state index in [-0.39, 0.29) is 5.28 Å². The second-order valence-corrected chi connectivity index (χ2v) is 27.0. The van der Waals surface area contributed by atoms with Crippen molar-refractivity contribution >= 4 is 87.2 Å². The molecule has 8 nitrogen and oxygen atoms in total. The number of benzene rings is 14. The van der Waals surface area contributed by atoms with Gasteiger partial charge < -0.3 is 10.0 Å². The van der Waals surface area contributed by atoms with Gasteiger partial charge in [0.2, 0.25) is 5.28 Å². The van der Waals surface area contributed by atoms with E-state index in [0.29, 0.717) is 34.6 Å². The number of halogens is 1. The van der Waals surface area contributed by atoms with Gasteiger partial charge >= 0.3 is 7.12 Å². The first kappa shape index (κ1) is 64.5. The van der Waals surface area contributed by atoms with Crippen LogP contribution in [-0.2, 0) is 0 Å². The van der Waals surface area contributed by atoms with Crippen molar-refractivity contribution in [1.82, 2.24) is 29.9 Å². The Hall–Kier alpha value is -12.2. The highest BCUT2D eigenvalue weighted by Gasteiger charge is 2.19. The third-order valence-electron chi connectivity index (χ3n) is 18.0. The van der Waals surface area contributed by atoms with Gasteiger partial charge in [-0.1, -0.05) is 315 Å². The molecule has 0 radical (unpaired) electrons. The van der Waals surface area contributed by atoms with Crippen LogP contribution >= 0.6 is 34.3 Å². The van der Waals surface area contributed by atoms with E-state index in [1.54, 1.807) is 23.5 Å². The third kappa shape index (κ3) is 14.0. The third-order valence-corrected chi connectivity index (χ3v) is 20.5. The number of nitrogens with zero attached hydrogens (tertiary/aromatic N) is 6. The summed E-state index contributed by atoms with van der Waals surface area (Å²) < 4.78 is 5.20. The minimum absolute atomic E-state index is 0.176. The quantitative estimate of drug-likeness (QED) is 0.116. The molecule has 0 bridgehead atoms. The lowest BCUT2D eigenvalue weighted by molar-refractivity contribution is 0.426. The van der Waals surface area contributed by atoms with Crippen molar-refractivity contribution in [2.24, 2.45) is 0 Å². The first-order valence-corrected chi connectivity index (χ1v) is 35.5. The first-order valence-electron chi connectivity index (χ1n) is 33.5. The number of rotatable bonds is 12. The Labute approximate surface area is 603 Å². The van der Waals surface area contributed by atoms with Crippen LogP contribution < -0.4 is 5.46 Å². The molecule has 0 aliphatic carbocycles. The maximum absolute atomic E-state index is 9.17. The molecule has 0 atom stereocenters. The summed E-state index contributed by atoms with van der Waals surface area (Å²) in [5.74, 6) is 3.03. The Balaban J connectivity index is 0.000000129. The number of fused-ring (bicyclic) bond motifs is 6. The predicted molar refractivity (Wildman–Crippen MR) is 427 cm³/mol. The molecule has 0 saturated carbocycles. The van der Waals surface area contributed by atoms with Gasteiger partial charge in [-0.05, 0) is 120 Å². The fourth-order valence-corrected chi connectivity index (χ4v) is 15.1. The summed E-state index contributed by atoms with van der Waals surface area (Å²) in [5, 5.41) is 23.7. The van der Waals surface area contributed by atoms with E-state index in [1.165, 1.54) is 57.0 Å². The summed E-state index contributed by atoms with van der Waals surface area (Å²) in [7, 11) is -1.42. The van der Waals surface area contributed by atoms with Gasteiger partial charge in [0.05, 0.1) is 0 Å². The minimum Gasteiger partial charge on any atom is -0.423 e. The smallest absolute Gasteiger partial charge is 0.423 e. The van der Waals surface area contributed by atoms with Crippen LogP contribution in [0.3, 0.4) is 0 Å². The molecule has 4 heterocycles. The molecule has 12 heteroatoms. The van der Waals surface area contributed by atoms with E-state index in [2.05, 4.69) is 253 Å². The molecule has 14 aromatic carbocycles. The van der Waals surface area contributed by atoms with Gasteiger partial charge in [-0.25, -0.2) is 19.9 Å². The minimum atomic E-state index is -1.42. The molecular weight excluding hydrogens is 1310 g/mol. The molecule has 0 aliphatic rings. The molecule has 0 unspecified atom stereocenters. The Kier molecular flexibility index (Phi) is 18.5. The first-order chi connectivity index (χ1) is 50.3. The SMILES string of the molecule is Clc1nc(-c2ccc(-c3ccccc3)cc2)nc(-c2ccccc2-c2ccccc2)n1.OB(O)c1ccc(-c2ccc3sc4ccccc4c3c2)cc1.c1ccc(-c2ccc(-c3nc(-c4ccc(-c5ccc6sc7ccccc7c6c5)cc4)nc(-c4ccccc4-c4ccccc4)n3)cc2)cc1. The fourth-order valence-electron chi connectivity index (χ4n) is 12.8. The highest BCUT2D eigenvalue weighted by atomic mass is 35.5. The van der Waals surface area contributed by atoms with Gasteiger partial charge in [-0.15, -0.1) is 22.7 Å². The number of hydrogen-bond donors (Lipinski definition) is 2. The summed E-state index contributed by atoms with van der Waals surface area (Å²) >= 11 is 9.96. The largest absolute Gasteiger partial charge is 0.488 e. The molecule has 2 N–H and O–H groups in total. The fraction of sp³-hybridized carbons (Fsp3) is 0. The van der Waals surface area contributed by atoms with Crippen LogP contribution in [0.2, 0.25) is 5.28 Å². The van der Waals surface area contributed by atoms with E-state index >= 15 is 0 Å². The average Bonchev–Trinajstić information content (AvgIpc) is 1.55. The van der Waals surface area contributed by atoms with Crippen LogP contribution in [0, 0.1) is 0 Å². The van der Waals surface area contributed by atoms with Crippen LogP contribution in [0.25, 0.3) is 164 Å². The monoisotopic (exact) mass is 1370 g/mol. The Morgan fingerprint density at radius 3 is 0.882 bits per heavy atom. The van der Waals surface area contributed by atoms with Gasteiger partial charge in [0.1, 0.15) is 0 Å². The summed E-state index contributed by atoms with van der Waals surface area (Å²) in [4.78, 5) is 28.8. The molecule has 18 rings (SSSR count). The van der Waals surface area contributed by atoms with Gasteiger partial charge in [0.25, 0.3) is 0 Å². The molecule has 18 aromatic rings. The molecule has 4 aromatic heterocycles. The second-order valence-electron chi connectivity index (χ2n) is 24.5. The zero-order valence-electron chi connectivity index (χ0n) is 54.8. The van der Waals surface area contributed by atoms with E-state index in [4.69, 9.17) is 31.5 Å². The lowest BCUT2D eigenvalue weighted by Crippen LogP contribution is -2.29. The topological polar surface area (TPSA) is 118 Å². The molecule has 0 aliphatic heterocycles. The average molecular weight is 1370 g/mol. The summed E-state index contributed by atoms with van der Waals surface area (Å²) in [6, 6.07) is 121. The maximum Gasteiger partial charge on any atom is 0.488 e. The van der Waals surface area contributed by atoms with Crippen LogP contribution in [0.4, 0.5) is 0 Å². The molecular formula is C90H60BClN6O2S2. The van der Waals surface area contributed by atoms with E-state index in [0.717, 1.165) is 77.9 Å². The van der Waals surface area contributed by atoms with Crippen molar-refractivity contribution < 1.29 is 10.0 Å². The van der Waals surface area contributed by atoms with Crippen molar-refractivity contribution in [2.75, 3.05) is 0 Å². The highest BCUT2D eigenvalue weighted by molar-refractivity contribution is 7.26. The molecule has 0 amide bonds. The second kappa shape index (κ2) is 29.3. The number of aromatic nitrogens is 6. The summed E-state index contributed by atoms with van der Waals surface area (Å²) in [6.07, 6.45) is 0. The van der Waals surface area contributed by atoms with Crippen LogP contribution in [0.15, 0.2) is 352 Å². The molecule has 0 saturated heterocycles. The number of hydrogen-bond acceptors (Lipinski definition) is 10. The zero-order valence-corrected chi connectivity index (χ0v) is 57.2. The lowest BCUT2D eigenvalue weighted by atomic mass is 9.80. The van der Waals surface area contributed by atoms with Crippen LogP contribution in [0.5, 0.6) is 0 Å². The van der Waals surface area contributed by atoms with Gasteiger partial charge in [-0.3, -0.25) is 0 Å². The summed E-state index contributed by atoms with van der Waals surface area (Å²) in [6.45, 7) is 0. The Bertz CT molecular complexity index is 5970. The Morgan fingerprint density at radius 1 is 0.216 bits per heavy atom. The normalized spacial score (nSPS) is 11.1. The Morgan fingerprint density at radius 2 is 0.480 bits per heavy atom. The molecule has 102 heavy (non-hydrogen) atoms. The van der Waals surface area contributed by atoms with Crippen LogP contribution in [0.1, 0.15) is 0 Å². The predicted octanol–water partition coefficient (Wildman–Crippen LogP) is 22.8. The van der Waals surface area contributed by atoms with E-state index in [1.807, 2.05) is 108 Å². The lowest BCUT2D eigenvalue weighted by Gasteiger charge is -2.12. The van der Waals surface area contributed by atoms with Crippen molar-refractivity contribution in [2.45, 2.75) is 0 Å². The van der Waals surface area contributed by atoms with Gasteiger partial charge in [-0.2, -0.15) is 9.97 Å².